The molecular weight excluding hydrogens is 224 g/mol. The molecule has 0 aliphatic carbocycles. The van der Waals surface area contributed by atoms with Gasteiger partial charge in [-0.05, 0) is 23.6 Å². The Bertz CT molecular complexity index is 633. The van der Waals surface area contributed by atoms with Crippen LogP contribution in [0.2, 0.25) is 0 Å². The first-order valence-electron chi connectivity index (χ1n) is 5.97. The number of pyridine rings is 1. The van der Waals surface area contributed by atoms with Crippen LogP contribution >= 0.6 is 0 Å². The van der Waals surface area contributed by atoms with Gasteiger partial charge in [-0.2, -0.15) is 5.26 Å². The smallest absolute Gasteiger partial charge is 0.266 e. The van der Waals surface area contributed by atoms with E-state index in [0.717, 1.165) is 18.4 Å². The second kappa shape index (κ2) is 5.33. The number of hydrogen-bond acceptors (Lipinski definition) is 2. The molecule has 0 aliphatic rings. The van der Waals surface area contributed by atoms with E-state index in [-0.39, 0.29) is 11.1 Å². The molecule has 0 saturated carbocycles. The van der Waals surface area contributed by atoms with E-state index in [4.69, 9.17) is 5.26 Å². The zero-order valence-electron chi connectivity index (χ0n) is 10.2. The number of aromatic amines is 1. The SMILES string of the molecule is CCCc1ccc(-c2cc[nH]c(=O)c2C#N)cc1. The number of hydrogen-bond donors (Lipinski definition) is 1. The minimum Gasteiger partial charge on any atom is -0.328 e. The Morgan fingerprint density at radius 1 is 1.22 bits per heavy atom. The zero-order valence-corrected chi connectivity index (χ0v) is 10.2. The Morgan fingerprint density at radius 3 is 2.56 bits per heavy atom. The molecule has 3 nitrogen and oxygen atoms in total. The van der Waals surface area contributed by atoms with Crippen LogP contribution in [-0.4, -0.2) is 4.98 Å². The molecule has 18 heavy (non-hydrogen) atoms. The van der Waals surface area contributed by atoms with Gasteiger partial charge in [-0.25, -0.2) is 0 Å². The fourth-order valence-electron chi connectivity index (χ4n) is 1.97. The lowest BCUT2D eigenvalue weighted by Gasteiger charge is -2.04. The summed E-state index contributed by atoms with van der Waals surface area (Å²) in [5, 5.41) is 9.03. The molecule has 1 aromatic heterocycles. The Hall–Kier alpha value is -2.34. The van der Waals surface area contributed by atoms with Gasteiger partial charge in [-0.15, -0.1) is 0 Å². The largest absolute Gasteiger partial charge is 0.328 e. The van der Waals surface area contributed by atoms with Crippen molar-refractivity contribution < 1.29 is 0 Å². The van der Waals surface area contributed by atoms with E-state index in [1.165, 1.54) is 5.56 Å². The van der Waals surface area contributed by atoms with Crippen LogP contribution in [0.25, 0.3) is 11.1 Å². The quantitative estimate of drug-likeness (QED) is 0.893. The van der Waals surface area contributed by atoms with Gasteiger partial charge in [-0.1, -0.05) is 37.6 Å². The van der Waals surface area contributed by atoms with E-state index in [1.54, 1.807) is 12.3 Å². The molecule has 0 saturated heterocycles. The van der Waals surface area contributed by atoms with Crippen molar-refractivity contribution >= 4 is 0 Å². The predicted octanol–water partition coefficient (Wildman–Crippen LogP) is 2.87. The molecule has 2 rings (SSSR count). The number of benzene rings is 1. The maximum atomic E-state index is 11.5. The molecule has 1 heterocycles. The van der Waals surface area contributed by atoms with Gasteiger partial charge in [0.05, 0.1) is 0 Å². The van der Waals surface area contributed by atoms with Gasteiger partial charge in [0, 0.05) is 11.8 Å². The van der Waals surface area contributed by atoms with Crippen molar-refractivity contribution in [3.8, 4) is 17.2 Å². The van der Waals surface area contributed by atoms with Gasteiger partial charge in [0.1, 0.15) is 11.6 Å². The van der Waals surface area contributed by atoms with Gasteiger partial charge in [-0.3, -0.25) is 4.79 Å². The first-order valence-corrected chi connectivity index (χ1v) is 5.97. The third-order valence-corrected chi connectivity index (χ3v) is 2.88. The van der Waals surface area contributed by atoms with Crippen LogP contribution in [0.3, 0.4) is 0 Å². The van der Waals surface area contributed by atoms with Crippen LogP contribution in [0.5, 0.6) is 0 Å². The first-order chi connectivity index (χ1) is 8.76. The van der Waals surface area contributed by atoms with Crippen LogP contribution in [-0.2, 0) is 6.42 Å². The lowest BCUT2D eigenvalue weighted by molar-refractivity contribution is 0.922. The zero-order chi connectivity index (χ0) is 13.0. The highest BCUT2D eigenvalue weighted by molar-refractivity contribution is 5.69. The molecule has 0 aliphatic heterocycles. The Kier molecular flexibility index (Phi) is 3.59. The van der Waals surface area contributed by atoms with Crippen molar-refractivity contribution in [3.05, 3.63) is 58.0 Å². The Balaban J connectivity index is 2.47. The van der Waals surface area contributed by atoms with Gasteiger partial charge in [0.15, 0.2) is 0 Å². The summed E-state index contributed by atoms with van der Waals surface area (Å²) in [7, 11) is 0. The molecule has 3 heteroatoms. The van der Waals surface area contributed by atoms with Crippen molar-refractivity contribution in [1.29, 1.82) is 5.26 Å². The lowest BCUT2D eigenvalue weighted by Crippen LogP contribution is -2.10. The third-order valence-electron chi connectivity index (χ3n) is 2.88. The van der Waals surface area contributed by atoms with Crippen LogP contribution in [0.1, 0.15) is 24.5 Å². The summed E-state index contributed by atoms with van der Waals surface area (Å²) in [5.74, 6) is 0. The van der Waals surface area contributed by atoms with E-state index >= 15 is 0 Å². The topological polar surface area (TPSA) is 56.6 Å². The predicted molar refractivity (Wildman–Crippen MR) is 71.2 cm³/mol. The van der Waals surface area contributed by atoms with Crippen LogP contribution < -0.4 is 5.56 Å². The van der Waals surface area contributed by atoms with Crippen molar-refractivity contribution in [2.45, 2.75) is 19.8 Å². The maximum absolute atomic E-state index is 11.5. The van der Waals surface area contributed by atoms with E-state index in [0.29, 0.717) is 5.56 Å². The second-order valence-electron chi connectivity index (χ2n) is 4.15. The first kappa shape index (κ1) is 12.1. The fraction of sp³-hybridized carbons (Fsp3) is 0.200. The van der Waals surface area contributed by atoms with Crippen molar-refractivity contribution in [2.24, 2.45) is 0 Å². The summed E-state index contributed by atoms with van der Waals surface area (Å²) < 4.78 is 0. The van der Waals surface area contributed by atoms with E-state index in [9.17, 15) is 4.79 Å². The summed E-state index contributed by atoms with van der Waals surface area (Å²) in [6.45, 7) is 2.14. The maximum Gasteiger partial charge on any atom is 0.266 e. The van der Waals surface area contributed by atoms with Gasteiger partial charge < -0.3 is 4.98 Å². The van der Waals surface area contributed by atoms with Crippen LogP contribution in [0, 0.1) is 11.3 Å². The third kappa shape index (κ3) is 2.33. The monoisotopic (exact) mass is 238 g/mol. The Labute approximate surface area is 106 Å². The molecular formula is C15H14N2O. The lowest BCUT2D eigenvalue weighted by atomic mass is 10.00. The summed E-state index contributed by atoms with van der Waals surface area (Å²) in [5.41, 5.74) is 2.68. The summed E-state index contributed by atoms with van der Waals surface area (Å²) in [6, 6.07) is 11.7. The second-order valence-corrected chi connectivity index (χ2v) is 4.15. The average Bonchev–Trinajstić information content (AvgIpc) is 2.40. The van der Waals surface area contributed by atoms with Crippen molar-refractivity contribution in [1.82, 2.24) is 4.98 Å². The number of H-pyrrole nitrogens is 1. The molecule has 90 valence electrons. The number of nitrogens with zero attached hydrogens (tertiary/aromatic N) is 1. The molecule has 0 spiro atoms. The normalized spacial score (nSPS) is 10.0. The molecule has 0 bridgehead atoms. The molecule has 0 unspecified atom stereocenters. The summed E-state index contributed by atoms with van der Waals surface area (Å²) in [4.78, 5) is 14.1. The van der Waals surface area contributed by atoms with E-state index in [1.807, 2.05) is 30.3 Å². The fourth-order valence-corrected chi connectivity index (χ4v) is 1.97. The summed E-state index contributed by atoms with van der Waals surface area (Å²) >= 11 is 0. The number of nitrogens with one attached hydrogen (secondary N) is 1. The molecule has 0 atom stereocenters. The molecule has 2 aromatic rings. The number of nitriles is 1. The van der Waals surface area contributed by atoms with E-state index in [2.05, 4.69) is 11.9 Å². The highest BCUT2D eigenvalue weighted by Crippen LogP contribution is 2.21. The van der Waals surface area contributed by atoms with E-state index < -0.39 is 0 Å². The Morgan fingerprint density at radius 2 is 1.94 bits per heavy atom. The van der Waals surface area contributed by atoms with Gasteiger partial charge in [0.2, 0.25) is 0 Å². The minimum absolute atomic E-state index is 0.167. The van der Waals surface area contributed by atoms with Crippen LogP contribution in [0.15, 0.2) is 41.3 Å². The average molecular weight is 238 g/mol. The number of aryl methyl sites for hydroxylation is 1. The summed E-state index contributed by atoms with van der Waals surface area (Å²) in [6.07, 6.45) is 3.72. The van der Waals surface area contributed by atoms with Crippen molar-refractivity contribution in [3.63, 3.8) is 0 Å². The number of aromatic nitrogens is 1. The molecule has 1 aromatic carbocycles. The van der Waals surface area contributed by atoms with Gasteiger partial charge in [0.25, 0.3) is 5.56 Å². The number of rotatable bonds is 3. The molecule has 1 N–H and O–H groups in total. The molecule has 0 radical (unpaired) electrons. The minimum atomic E-state index is -0.340. The highest BCUT2D eigenvalue weighted by atomic mass is 16.1. The standard InChI is InChI=1S/C15H14N2O/c1-2-3-11-4-6-12(7-5-11)13-8-9-17-15(18)14(13)10-16/h4-9H,2-3H2,1H3,(H,17,18). The van der Waals surface area contributed by atoms with Crippen molar-refractivity contribution in [2.75, 3.05) is 0 Å². The molecule has 0 amide bonds. The van der Waals surface area contributed by atoms with Gasteiger partial charge >= 0.3 is 0 Å². The van der Waals surface area contributed by atoms with Crippen LogP contribution in [0.4, 0.5) is 0 Å². The molecule has 0 fully saturated rings. The highest BCUT2D eigenvalue weighted by Gasteiger charge is 2.07.